The summed E-state index contributed by atoms with van der Waals surface area (Å²) in [5.74, 6) is 0.584. The minimum absolute atomic E-state index is 0.0298. The minimum Gasteiger partial charge on any atom is -0.346 e. The van der Waals surface area contributed by atoms with Gasteiger partial charge in [0.05, 0.1) is 12.6 Å². The number of carbonyl (C=O) groups is 2. The lowest BCUT2D eigenvalue weighted by Gasteiger charge is -2.19. The average Bonchev–Trinajstić information content (AvgIpc) is 3.35. The molecular formula is C25H27N5O2. The molecule has 2 aromatic heterocycles. The lowest BCUT2D eigenvalue weighted by molar-refractivity contribution is -0.125. The quantitative estimate of drug-likeness (QED) is 0.647. The highest BCUT2D eigenvalue weighted by Crippen LogP contribution is 2.28. The number of anilines is 1. The normalized spacial score (nSPS) is 18.4. The molecule has 0 spiro atoms. The fourth-order valence-corrected chi connectivity index (χ4v) is 4.70. The summed E-state index contributed by atoms with van der Waals surface area (Å²) in [6.45, 7) is 2.15. The zero-order valence-electron chi connectivity index (χ0n) is 18.4. The highest BCUT2D eigenvalue weighted by Gasteiger charge is 2.34. The molecule has 4 heterocycles. The summed E-state index contributed by atoms with van der Waals surface area (Å²) in [4.78, 5) is 33.5. The second-order valence-electron chi connectivity index (χ2n) is 8.68. The van der Waals surface area contributed by atoms with Crippen molar-refractivity contribution in [3.05, 3.63) is 65.5 Å². The maximum Gasteiger partial charge on any atom is 0.246 e. The van der Waals surface area contributed by atoms with Crippen molar-refractivity contribution < 1.29 is 9.59 Å². The van der Waals surface area contributed by atoms with Crippen molar-refractivity contribution in [2.75, 3.05) is 18.9 Å². The predicted octanol–water partition coefficient (Wildman–Crippen LogP) is 3.16. The lowest BCUT2D eigenvalue weighted by atomic mass is 10.1. The second kappa shape index (κ2) is 8.24. The number of amides is 2. The van der Waals surface area contributed by atoms with E-state index in [1.807, 2.05) is 32.3 Å². The second-order valence-corrected chi connectivity index (χ2v) is 8.68. The zero-order valence-corrected chi connectivity index (χ0v) is 18.4. The molecule has 3 aromatic rings. The van der Waals surface area contributed by atoms with Crippen molar-refractivity contribution in [3.8, 4) is 0 Å². The number of likely N-dealkylation sites (N-methyl/N-ethyl adjacent to an activating group) is 1. The Bertz CT molecular complexity index is 1230. The summed E-state index contributed by atoms with van der Waals surface area (Å²) in [6, 6.07) is 12.3. The van der Waals surface area contributed by atoms with Gasteiger partial charge in [-0.15, -0.1) is 0 Å². The fraction of sp³-hybridized carbons (Fsp3) is 0.320. The molecule has 5 rings (SSSR count). The van der Waals surface area contributed by atoms with E-state index in [4.69, 9.17) is 0 Å². The molecule has 0 aliphatic carbocycles. The van der Waals surface area contributed by atoms with E-state index < -0.39 is 0 Å². The number of nitrogens with one attached hydrogen (secondary N) is 1. The first-order valence-electron chi connectivity index (χ1n) is 11.0. The Kier molecular flexibility index (Phi) is 5.27. The number of fused-ring (bicyclic) bond motifs is 3. The smallest absolute Gasteiger partial charge is 0.246 e. The van der Waals surface area contributed by atoms with Crippen molar-refractivity contribution in [2.45, 2.75) is 32.0 Å². The highest BCUT2D eigenvalue weighted by atomic mass is 16.2. The van der Waals surface area contributed by atoms with Gasteiger partial charge < -0.3 is 14.8 Å². The molecule has 7 nitrogen and oxygen atoms in total. The van der Waals surface area contributed by atoms with Gasteiger partial charge in [0, 0.05) is 49.7 Å². The van der Waals surface area contributed by atoms with E-state index in [-0.39, 0.29) is 17.9 Å². The van der Waals surface area contributed by atoms with Crippen LogP contribution in [0.2, 0.25) is 0 Å². The van der Waals surface area contributed by atoms with Gasteiger partial charge in [0.2, 0.25) is 11.8 Å². The van der Waals surface area contributed by atoms with Gasteiger partial charge in [0.15, 0.2) is 0 Å². The summed E-state index contributed by atoms with van der Waals surface area (Å²) in [5, 5.41) is 4.13. The van der Waals surface area contributed by atoms with Gasteiger partial charge in [-0.05, 0) is 54.6 Å². The van der Waals surface area contributed by atoms with Crippen LogP contribution in [-0.2, 0) is 29.7 Å². The standard InChI is InChI=1S/C25H27N5O2/c1-28(16-20-13-18-6-3-4-7-21(18)29(20)2)23(31)10-9-17-12-19-15-30-11-5-8-22(30)25(32)27-24(19)26-14-17/h3-4,6-7,9-10,12-14,22H,5,8,11,15-16H2,1-2H3,(H,26,27,32)/b10-9+/t22-/m0/s1. The number of carbonyl (C=O) groups excluding carboxylic acids is 2. The molecule has 0 unspecified atom stereocenters. The summed E-state index contributed by atoms with van der Waals surface area (Å²) >= 11 is 0. The summed E-state index contributed by atoms with van der Waals surface area (Å²) in [6.07, 6.45) is 7.01. The van der Waals surface area contributed by atoms with E-state index in [0.717, 1.165) is 41.7 Å². The Balaban J connectivity index is 1.29. The molecule has 7 heteroatoms. The number of para-hydroxylation sites is 1. The predicted molar refractivity (Wildman–Crippen MR) is 125 cm³/mol. The zero-order chi connectivity index (χ0) is 22.2. The molecule has 1 N–H and O–H groups in total. The van der Waals surface area contributed by atoms with Crippen molar-refractivity contribution in [2.24, 2.45) is 7.05 Å². The Morgan fingerprint density at radius 2 is 2.16 bits per heavy atom. The summed E-state index contributed by atoms with van der Waals surface area (Å²) < 4.78 is 2.12. The molecule has 0 bridgehead atoms. The Morgan fingerprint density at radius 1 is 1.31 bits per heavy atom. The number of pyridine rings is 1. The number of rotatable bonds is 4. The molecule has 1 saturated heterocycles. The lowest BCUT2D eigenvalue weighted by Crippen LogP contribution is -2.36. The van der Waals surface area contributed by atoms with Crippen molar-refractivity contribution in [1.29, 1.82) is 0 Å². The van der Waals surface area contributed by atoms with Gasteiger partial charge in [-0.2, -0.15) is 0 Å². The molecule has 2 amide bonds. The highest BCUT2D eigenvalue weighted by molar-refractivity contribution is 5.96. The first-order chi connectivity index (χ1) is 15.5. The molecule has 0 radical (unpaired) electrons. The molecule has 1 atom stereocenters. The van der Waals surface area contributed by atoms with E-state index in [0.29, 0.717) is 18.9 Å². The molecule has 0 saturated carbocycles. The maximum atomic E-state index is 12.7. The van der Waals surface area contributed by atoms with Crippen molar-refractivity contribution in [1.82, 2.24) is 19.4 Å². The van der Waals surface area contributed by atoms with Crippen LogP contribution >= 0.6 is 0 Å². The maximum absolute atomic E-state index is 12.7. The van der Waals surface area contributed by atoms with Gasteiger partial charge in [-0.3, -0.25) is 14.5 Å². The van der Waals surface area contributed by atoms with Crippen LogP contribution in [0.5, 0.6) is 0 Å². The number of hydrogen-bond acceptors (Lipinski definition) is 4. The average molecular weight is 430 g/mol. The van der Waals surface area contributed by atoms with Gasteiger partial charge in [0.1, 0.15) is 5.82 Å². The molecule has 2 aliphatic rings. The first kappa shape index (κ1) is 20.5. The molecular weight excluding hydrogens is 402 g/mol. The van der Waals surface area contributed by atoms with Crippen molar-refractivity contribution >= 4 is 34.6 Å². The van der Waals surface area contributed by atoms with E-state index in [1.54, 1.807) is 23.2 Å². The van der Waals surface area contributed by atoms with Crippen LogP contribution in [0.1, 0.15) is 29.7 Å². The third-order valence-electron chi connectivity index (χ3n) is 6.51. The number of aryl methyl sites for hydroxylation is 1. The van der Waals surface area contributed by atoms with Gasteiger partial charge in [-0.25, -0.2) is 4.98 Å². The summed E-state index contributed by atoms with van der Waals surface area (Å²) in [7, 11) is 3.83. The molecule has 32 heavy (non-hydrogen) atoms. The molecule has 2 aliphatic heterocycles. The van der Waals surface area contributed by atoms with Crippen molar-refractivity contribution in [3.63, 3.8) is 0 Å². The van der Waals surface area contributed by atoms with E-state index in [9.17, 15) is 9.59 Å². The van der Waals surface area contributed by atoms with E-state index in [2.05, 4.69) is 38.0 Å². The number of benzene rings is 1. The minimum atomic E-state index is -0.0712. The topological polar surface area (TPSA) is 70.5 Å². The SMILES string of the molecule is CN(Cc1cc2ccccc2n1C)C(=O)/C=C/c1cnc2c(c1)CN1CCC[C@H]1C(=O)N2. The number of nitrogens with zero attached hydrogens (tertiary/aromatic N) is 4. The summed E-state index contributed by atoms with van der Waals surface area (Å²) in [5.41, 5.74) is 4.07. The van der Waals surface area contributed by atoms with Gasteiger partial charge >= 0.3 is 0 Å². The number of hydrogen-bond donors (Lipinski definition) is 1. The van der Waals surface area contributed by atoms with E-state index >= 15 is 0 Å². The Morgan fingerprint density at radius 3 is 3.00 bits per heavy atom. The number of aromatic nitrogens is 2. The van der Waals surface area contributed by atoms with Gasteiger partial charge in [0.25, 0.3) is 0 Å². The van der Waals surface area contributed by atoms with Crippen LogP contribution < -0.4 is 5.32 Å². The van der Waals surface area contributed by atoms with Crippen LogP contribution in [-0.4, -0.2) is 50.8 Å². The Labute approximate surface area is 187 Å². The third kappa shape index (κ3) is 3.80. The van der Waals surface area contributed by atoms with Gasteiger partial charge in [-0.1, -0.05) is 18.2 Å². The van der Waals surface area contributed by atoms with E-state index in [1.165, 1.54) is 5.39 Å². The Hall–Kier alpha value is -3.45. The largest absolute Gasteiger partial charge is 0.346 e. The monoisotopic (exact) mass is 429 g/mol. The van der Waals surface area contributed by atoms with Crippen LogP contribution in [0, 0.1) is 0 Å². The fourth-order valence-electron chi connectivity index (χ4n) is 4.70. The molecule has 164 valence electrons. The molecule has 1 fully saturated rings. The van der Waals surface area contributed by atoms with Crippen LogP contribution in [0.4, 0.5) is 5.82 Å². The third-order valence-corrected chi connectivity index (χ3v) is 6.51. The van der Waals surface area contributed by atoms with Crippen LogP contribution in [0.25, 0.3) is 17.0 Å². The molecule has 1 aromatic carbocycles. The van der Waals surface area contributed by atoms with Crippen LogP contribution in [0.15, 0.2) is 48.7 Å². The van der Waals surface area contributed by atoms with Crippen LogP contribution in [0.3, 0.4) is 0 Å². The first-order valence-corrected chi connectivity index (χ1v) is 11.0.